The van der Waals surface area contributed by atoms with Crippen molar-refractivity contribution in [2.24, 2.45) is 0 Å². The molecular weight excluding hydrogens is 364 g/mol. The molecule has 0 aliphatic heterocycles. The number of rotatable bonds is 7. The lowest BCUT2D eigenvalue weighted by atomic mass is 9.68. The first-order valence-corrected chi connectivity index (χ1v) is 12.0. The molecular formula is C24H32N2OS. The highest BCUT2D eigenvalue weighted by molar-refractivity contribution is 7.99. The van der Waals surface area contributed by atoms with Crippen LogP contribution in [0.2, 0.25) is 0 Å². The van der Waals surface area contributed by atoms with E-state index in [0.717, 1.165) is 54.4 Å². The Bertz CT molecular complexity index is 896. The Labute approximate surface area is 173 Å². The summed E-state index contributed by atoms with van der Waals surface area (Å²) in [6.07, 6.45) is 10.3. The average Bonchev–Trinajstić information content (AvgIpc) is 3.16. The third-order valence-electron chi connectivity index (χ3n) is 6.45. The number of hydrogen-bond donors (Lipinski definition) is 0. The van der Waals surface area contributed by atoms with E-state index in [4.69, 9.17) is 4.98 Å². The first kappa shape index (κ1) is 19.8. The SMILES string of the molecule is CCCCCSc1nc2c(c(=O)n1CCC)C1(CCCC1)Cc1ccccc1-2. The first-order chi connectivity index (χ1) is 13.7. The Morgan fingerprint density at radius 3 is 2.64 bits per heavy atom. The molecule has 1 heterocycles. The lowest BCUT2D eigenvalue weighted by Crippen LogP contribution is -2.40. The maximum atomic E-state index is 13.8. The van der Waals surface area contributed by atoms with Gasteiger partial charge in [0.1, 0.15) is 0 Å². The molecule has 0 N–H and O–H groups in total. The van der Waals surface area contributed by atoms with E-state index < -0.39 is 0 Å². The molecule has 1 fully saturated rings. The van der Waals surface area contributed by atoms with Gasteiger partial charge < -0.3 is 0 Å². The van der Waals surface area contributed by atoms with Crippen LogP contribution < -0.4 is 5.56 Å². The minimum atomic E-state index is 0.00860. The Morgan fingerprint density at radius 1 is 1.11 bits per heavy atom. The van der Waals surface area contributed by atoms with Gasteiger partial charge in [-0.2, -0.15) is 0 Å². The highest BCUT2D eigenvalue weighted by Crippen LogP contribution is 2.49. The summed E-state index contributed by atoms with van der Waals surface area (Å²) in [6.45, 7) is 5.15. The molecule has 3 nitrogen and oxygen atoms in total. The highest BCUT2D eigenvalue weighted by atomic mass is 32.2. The fourth-order valence-corrected chi connectivity index (χ4v) is 6.11. The van der Waals surface area contributed by atoms with E-state index in [2.05, 4.69) is 38.1 Å². The Hall–Kier alpha value is -1.55. The molecule has 1 spiro atoms. The fourth-order valence-electron chi connectivity index (χ4n) is 5.09. The van der Waals surface area contributed by atoms with Gasteiger partial charge in [-0.05, 0) is 37.7 Å². The monoisotopic (exact) mass is 396 g/mol. The zero-order chi connectivity index (χ0) is 19.6. The van der Waals surface area contributed by atoms with Crippen LogP contribution in [0.5, 0.6) is 0 Å². The molecule has 0 saturated heterocycles. The van der Waals surface area contributed by atoms with Gasteiger partial charge >= 0.3 is 0 Å². The number of hydrogen-bond acceptors (Lipinski definition) is 3. The molecule has 4 heteroatoms. The summed E-state index contributed by atoms with van der Waals surface area (Å²) < 4.78 is 1.99. The highest BCUT2D eigenvalue weighted by Gasteiger charge is 2.44. The van der Waals surface area contributed by atoms with Crippen molar-refractivity contribution in [2.45, 2.75) is 88.8 Å². The van der Waals surface area contributed by atoms with Crippen LogP contribution in [0.15, 0.2) is 34.2 Å². The van der Waals surface area contributed by atoms with Crippen molar-refractivity contribution in [2.75, 3.05) is 5.75 Å². The van der Waals surface area contributed by atoms with Gasteiger partial charge in [-0.1, -0.05) is 75.6 Å². The smallest absolute Gasteiger partial charge is 0.258 e. The molecule has 1 saturated carbocycles. The van der Waals surface area contributed by atoms with Crippen molar-refractivity contribution in [1.29, 1.82) is 0 Å². The standard InChI is InChI=1S/C24H32N2OS/c1-3-5-10-16-28-23-25-21-19-12-7-6-11-18(19)17-24(13-8-9-14-24)20(21)22(27)26(23)15-4-2/h6-7,11-12H,3-5,8-10,13-17H2,1-2H3. The van der Waals surface area contributed by atoms with Gasteiger partial charge in [-0.15, -0.1) is 0 Å². The van der Waals surface area contributed by atoms with Gasteiger partial charge in [0.25, 0.3) is 5.56 Å². The molecule has 1 aromatic carbocycles. The van der Waals surface area contributed by atoms with Crippen molar-refractivity contribution in [1.82, 2.24) is 9.55 Å². The van der Waals surface area contributed by atoms with Gasteiger partial charge in [0.2, 0.25) is 0 Å². The van der Waals surface area contributed by atoms with Crippen molar-refractivity contribution in [3.05, 3.63) is 45.7 Å². The minimum Gasteiger partial charge on any atom is -0.287 e. The molecule has 2 aromatic rings. The molecule has 0 bridgehead atoms. The van der Waals surface area contributed by atoms with Crippen LogP contribution in [-0.2, 0) is 18.4 Å². The normalized spacial score (nSPS) is 16.9. The van der Waals surface area contributed by atoms with E-state index in [1.54, 1.807) is 11.8 Å². The fraction of sp³-hybridized carbons (Fsp3) is 0.583. The summed E-state index contributed by atoms with van der Waals surface area (Å²) in [5.41, 5.74) is 4.81. The number of aromatic nitrogens is 2. The molecule has 4 rings (SSSR count). The van der Waals surface area contributed by atoms with Crippen molar-refractivity contribution in [3.8, 4) is 11.3 Å². The van der Waals surface area contributed by atoms with Crippen LogP contribution in [-0.4, -0.2) is 15.3 Å². The zero-order valence-corrected chi connectivity index (χ0v) is 18.1. The van der Waals surface area contributed by atoms with Crippen LogP contribution >= 0.6 is 11.8 Å². The van der Waals surface area contributed by atoms with Crippen molar-refractivity contribution in [3.63, 3.8) is 0 Å². The van der Waals surface area contributed by atoms with Crippen molar-refractivity contribution >= 4 is 11.8 Å². The number of unbranched alkanes of at least 4 members (excludes halogenated alkanes) is 2. The van der Waals surface area contributed by atoms with E-state index in [1.807, 2.05) is 4.57 Å². The molecule has 2 aliphatic rings. The second-order valence-electron chi connectivity index (χ2n) is 8.45. The number of thioether (sulfide) groups is 1. The molecule has 28 heavy (non-hydrogen) atoms. The van der Waals surface area contributed by atoms with Gasteiger partial charge in [0.15, 0.2) is 5.16 Å². The molecule has 0 radical (unpaired) electrons. The third-order valence-corrected chi connectivity index (χ3v) is 7.52. The number of benzene rings is 1. The second-order valence-corrected chi connectivity index (χ2v) is 9.51. The maximum Gasteiger partial charge on any atom is 0.258 e. The van der Waals surface area contributed by atoms with Crippen LogP contribution in [0.1, 0.15) is 76.3 Å². The molecule has 2 aliphatic carbocycles. The van der Waals surface area contributed by atoms with Gasteiger partial charge in [-0.25, -0.2) is 4.98 Å². The summed E-state index contributed by atoms with van der Waals surface area (Å²) >= 11 is 1.77. The van der Waals surface area contributed by atoms with E-state index in [-0.39, 0.29) is 11.0 Å². The first-order valence-electron chi connectivity index (χ1n) is 11.1. The molecule has 0 amide bonds. The van der Waals surface area contributed by atoms with E-state index >= 15 is 0 Å². The van der Waals surface area contributed by atoms with Crippen LogP contribution in [0.3, 0.4) is 0 Å². The molecule has 0 atom stereocenters. The Morgan fingerprint density at radius 2 is 1.89 bits per heavy atom. The van der Waals surface area contributed by atoms with Crippen LogP contribution in [0.25, 0.3) is 11.3 Å². The maximum absolute atomic E-state index is 13.8. The summed E-state index contributed by atoms with van der Waals surface area (Å²) in [6, 6.07) is 8.62. The summed E-state index contributed by atoms with van der Waals surface area (Å²) in [5, 5.41) is 0.923. The average molecular weight is 397 g/mol. The molecule has 150 valence electrons. The van der Waals surface area contributed by atoms with Gasteiger partial charge in [0.05, 0.1) is 11.3 Å². The zero-order valence-electron chi connectivity index (χ0n) is 17.3. The van der Waals surface area contributed by atoms with Crippen LogP contribution in [0.4, 0.5) is 0 Å². The lowest BCUT2D eigenvalue weighted by Gasteiger charge is -2.36. The van der Waals surface area contributed by atoms with Gasteiger partial charge in [0, 0.05) is 23.3 Å². The topological polar surface area (TPSA) is 34.9 Å². The lowest BCUT2D eigenvalue weighted by molar-refractivity contribution is 0.414. The summed E-state index contributed by atoms with van der Waals surface area (Å²) in [7, 11) is 0. The van der Waals surface area contributed by atoms with E-state index in [0.29, 0.717) is 0 Å². The minimum absolute atomic E-state index is 0.00860. The quantitative estimate of drug-likeness (QED) is 0.328. The predicted octanol–water partition coefficient (Wildman–Crippen LogP) is 5.97. The third kappa shape index (κ3) is 3.45. The van der Waals surface area contributed by atoms with E-state index in [9.17, 15) is 4.79 Å². The Kier molecular flexibility index (Phi) is 5.96. The van der Waals surface area contributed by atoms with Crippen LogP contribution in [0, 0.1) is 0 Å². The second kappa shape index (κ2) is 8.44. The van der Waals surface area contributed by atoms with E-state index in [1.165, 1.54) is 43.2 Å². The summed E-state index contributed by atoms with van der Waals surface area (Å²) in [4.78, 5) is 19.0. The predicted molar refractivity (Wildman–Crippen MR) is 118 cm³/mol. The molecule has 1 aromatic heterocycles. The molecule has 0 unspecified atom stereocenters. The summed E-state index contributed by atoms with van der Waals surface area (Å²) in [5.74, 6) is 1.04. The Balaban J connectivity index is 1.86. The number of fused-ring (bicyclic) bond motifs is 4. The van der Waals surface area contributed by atoms with Crippen molar-refractivity contribution < 1.29 is 0 Å². The largest absolute Gasteiger partial charge is 0.287 e. The van der Waals surface area contributed by atoms with Gasteiger partial charge in [-0.3, -0.25) is 9.36 Å². The number of nitrogens with zero attached hydrogens (tertiary/aromatic N) is 2.